The van der Waals surface area contributed by atoms with E-state index in [1.54, 1.807) is 12.3 Å². The monoisotopic (exact) mass is 156 g/mol. The van der Waals surface area contributed by atoms with Crippen molar-refractivity contribution in [3.8, 4) is 0 Å². The largest absolute Gasteiger partial charge is 0.255 e. The quantitative estimate of drug-likeness (QED) is 0.533. The lowest BCUT2D eigenvalue weighted by Gasteiger charge is -1.89. The molecule has 4 heteroatoms. The molecule has 2 radical (unpaired) electrons. The predicted molar refractivity (Wildman–Crippen MR) is 42.0 cm³/mol. The second-order valence-corrected chi connectivity index (χ2v) is 3.90. The molecule has 0 spiro atoms. The molecule has 1 rings (SSSR count). The van der Waals surface area contributed by atoms with Gasteiger partial charge >= 0.3 is 0 Å². The van der Waals surface area contributed by atoms with Crippen molar-refractivity contribution in [2.75, 3.05) is 6.26 Å². The Kier molecular flexibility index (Phi) is 2.08. The SMILES string of the molecule is [B]c1sccc1S(C)=O. The fourth-order valence-electron chi connectivity index (χ4n) is 0.547. The van der Waals surface area contributed by atoms with Crippen LogP contribution in [0.15, 0.2) is 16.3 Å². The van der Waals surface area contributed by atoms with Crippen molar-refractivity contribution in [3.05, 3.63) is 11.4 Å². The van der Waals surface area contributed by atoms with Crippen LogP contribution in [-0.2, 0) is 10.8 Å². The van der Waals surface area contributed by atoms with Crippen LogP contribution in [-0.4, -0.2) is 18.3 Å². The summed E-state index contributed by atoms with van der Waals surface area (Å²) in [5.74, 6) is 0. The normalized spacial score (nSPS) is 13.4. The lowest BCUT2D eigenvalue weighted by molar-refractivity contribution is 0.687. The summed E-state index contributed by atoms with van der Waals surface area (Å²) < 4.78 is 11.4. The fourth-order valence-corrected chi connectivity index (χ4v) is 2.21. The van der Waals surface area contributed by atoms with Gasteiger partial charge in [0.05, 0.1) is 0 Å². The first-order chi connectivity index (χ1) is 4.22. The van der Waals surface area contributed by atoms with E-state index in [1.165, 1.54) is 11.3 Å². The van der Waals surface area contributed by atoms with Crippen LogP contribution in [0.1, 0.15) is 0 Å². The Balaban J connectivity index is 3.08. The van der Waals surface area contributed by atoms with E-state index in [1.807, 2.05) is 5.38 Å². The molecule has 1 atom stereocenters. The summed E-state index contributed by atoms with van der Waals surface area (Å²) in [5, 5.41) is 1.84. The van der Waals surface area contributed by atoms with Crippen LogP contribution in [0.4, 0.5) is 0 Å². The predicted octanol–water partition coefficient (Wildman–Crippen LogP) is 0.279. The van der Waals surface area contributed by atoms with Crippen LogP contribution in [0.2, 0.25) is 0 Å². The molecule has 0 aliphatic carbocycles. The van der Waals surface area contributed by atoms with Gasteiger partial charge in [-0.15, -0.1) is 0 Å². The zero-order chi connectivity index (χ0) is 6.85. The van der Waals surface area contributed by atoms with Crippen molar-refractivity contribution >= 4 is 34.8 Å². The van der Waals surface area contributed by atoms with Gasteiger partial charge in [-0.3, -0.25) is 4.21 Å². The second-order valence-electron chi connectivity index (χ2n) is 1.60. The average Bonchev–Trinajstić information content (AvgIpc) is 2.13. The Morgan fingerprint density at radius 1 is 1.78 bits per heavy atom. The molecule has 0 N–H and O–H groups in total. The van der Waals surface area contributed by atoms with E-state index in [0.29, 0.717) is 4.78 Å². The van der Waals surface area contributed by atoms with Crippen molar-refractivity contribution in [2.24, 2.45) is 0 Å². The highest BCUT2D eigenvalue weighted by Crippen LogP contribution is 2.04. The van der Waals surface area contributed by atoms with Gasteiger partial charge in [-0.1, -0.05) is 0 Å². The Morgan fingerprint density at radius 2 is 2.44 bits per heavy atom. The van der Waals surface area contributed by atoms with Crippen LogP contribution >= 0.6 is 11.3 Å². The van der Waals surface area contributed by atoms with E-state index in [2.05, 4.69) is 0 Å². The van der Waals surface area contributed by atoms with Crippen molar-refractivity contribution in [2.45, 2.75) is 4.90 Å². The first-order valence-electron chi connectivity index (χ1n) is 2.38. The van der Waals surface area contributed by atoms with E-state index in [0.717, 1.165) is 4.90 Å². The maximum absolute atomic E-state index is 10.8. The molecule has 46 valence electrons. The average molecular weight is 156 g/mol. The minimum absolute atomic E-state index is 0.663. The van der Waals surface area contributed by atoms with Gasteiger partial charge in [0, 0.05) is 22.0 Å². The summed E-state index contributed by atoms with van der Waals surface area (Å²) in [7, 11) is 4.54. The van der Waals surface area contributed by atoms with E-state index in [-0.39, 0.29) is 0 Å². The summed E-state index contributed by atoms with van der Waals surface area (Å²) >= 11 is 1.42. The summed E-state index contributed by atoms with van der Waals surface area (Å²) in [4.78, 5) is 0.750. The molecule has 1 aromatic rings. The summed E-state index contributed by atoms with van der Waals surface area (Å²) in [6.07, 6.45) is 1.62. The van der Waals surface area contributed by atoms with Gasteiger partial charge in [-0.2, -0.15) is 11.3 Å². The molecular weight excluding hydrogens is 151 g/mol. The van der Waals surface area contributed by atoms with Crippen molar-refractivity contribution < 1.29 is 4.21 Å². The summed E-state index contributed by atoms with van der Waals surface area (Å²) in [5.41, 5.74) is 0. The van der Waals surface area contributed by atoms with E-state index in [9.17, 15) is 4.21 Å². The van der Waals surface area contributed by atoms with E-state index in [4.69, 9.17) is 7.85 Å². The Hall–Kier alpha value is -0.0851. The third kappa shape index (κ3) is 1.43. The van der Waals surface area contributed by atoms with E-state index < -0.39 is 10.8 Å². The minimum Gasteiger partial charge on any atom is -0.255 e. The minimum atomic E-state index is -0.924. The standard InChI is InChI=1S/C5H5BOS2/c1-9(7)4-2-3-8-5(4)6/h2-3H,1H3. The van der Waals surface area contributed by atoms with Gasteiger partial charge < -0.3 is 0 Å². The molecular formula is C5H5BOS2. The molecule has 1 heterocycles. The zero-order valence-electron chi connectivity index (χ0n) is 4.96. The molecule has 0 aliphatic heterocycles. The van der Waals surface area contributed by atoms with Crippen LogP contribution in [0, 0.1) is 0 Å². The van der Waals surface area contributed by atoms with Crippen LogP contribution < -0.4 is 4.78 Å². The van der Waals surface area contributed by atoms with Gasteiger partial charge in [-0.05, 0) is 16.2 Å². The maximum atomic E-state index is 10.8. The first-order valence-corrected chi connectivity index (χ1v) is 4.82. The highest BCUT2D eigenvalue weighted by molar-refractivity contribution is 7.84. The van der Waals surface area contributed by atoms with Crippen molar-refractivity contribution in [1.82, 2.24) is 0 Å². The zero-order valence-corrected chi connectivity index (χ0v) is 6.59. The van der Waals surface area contributed by atoms with Gasteiger partial charge in [-0.25, -0.2) is 0 Å². The molecule has 0 bridgehead atoms. The smallest absolute Gasteiger partial charge is 0.130 e. The molecule has 0 aliphatic rings. The second kappa shape index (κ2) is 2.67. The lowest BCUT2D eigenvalue weighted by atomic mass is 10.1. The van der Waals surface area contributed by atoms with Crippen LogP contribution in [0.5, 0.6) is 0 Å². The highest BCUT2D eigenvalue weighted by atomic mass is 32.2. The third-order valence-electron chi connectivity index (χ3n) is 0.967. The number of thiophene rings is 1. The molecule has 0 fully saturated rings. The van der Waals surface area contributed by atoms with Crippen molar-refractivity contribution in [1.29, 1.82) is 0 Å². The summed E-state index contributed by atoms with van der Waals surface area (Å²) in [6, 6.07) is 1.79. The number of hydrogen-bond donors (Lipinski definition) is 0. The Labute approximate surface area is 62.0 Å². The van der Waals surface area contributed by atoms with Crippen LogP contribution in [0.3, 0.4) is 0 Å². The summed E-state index contributed by atoms with van der Waals surface area (Å²) in [6.45, 7) is 0. The lowest BCUT2D eigenvalue weighted by Crippen LogP contribution is -2.03. The molecule has 1 aromatic heterocycles. The fraction of sp³-hybridized carbons (Fsp3) is 0.200. The molecule has 1 unspecified atom stereocenters. The maximum Gasteiger partial charge on any atom is 0.130 e. The number of hydrogen-bond acceptors (Lipinski definition) is 2. The highest BCUT2D eigenvalue weighted by Gasteiger charge is 2.00. The number of rotatable bonds is 1. The molecule has 0 saturated heterocycles. The Morgan fingerprint density at radius 3 is 2.67 bits per heavy atom. The third-order valence-corrected chi connectivity index (χ3v) is 2.82. The molecule has 9 heavy (non-hydrogen) atoms. The van der Waals surface area contributed by atoms with E-state index >= 15 is 0 Å². The molecule has 0 amide bonds. The van der Waals surface area contributed by atoms with Gasteiger partial charge in [0.25, 0.3) is 0 Å². The van der Waals surface area contributed by atoms with Gasteiger partial charge in [0.1, 0.15) is 7.85 Å². The molecule has 0 saturated carbocycles. The van der Waals surface area contributed by atoms with Gasteiger partial charge in [0.2, 0.25) is 0 Å². The topological polar surface area (TPSA) is 17.1 Å². The first kappa shape index (κ1) is 7.03. The van der Waals surface area contributed by atoms with Gasteiger partial charge in [0.15, 0.2) is 0 Å². The molecule has 0 aromatic carbocycles. The molecule has 1 nitrogen and oxygen atoms in total. The van der Waals surface area contributed by atoms with Crippen LogP contribution in [0.25, 0.3) is 0 Å². The van der Waals surface area contributed by atoms with Crippen molar-refractivity contribution in [3.63, 3.8) is 0 Å². The Bertz CT molecular complexity index is 231.